The molecule has 3 rings (SSSR count). The number of carbonyl (C=O) groups excluding carboxylic acids is 1. The van der Waals surface area contributed by atoms with Crippen molar-refractivity contribution in [3.05, 3.63) is 48.3 Å². The van der Waals surface area contributed by atoms with Gasteiger partial charge in [-0.3, -0.25) is 4.79 Å². The van der Waals surface area contributed by atoms with E-state index in [0.29, 0.717) is 0 Å². The lowest BCUT2D eigenvalue weighted by molar-refractivity contribution is 0.0929. The smallest absolute Gasteiger partial charge is 0.253 e. The van der Waals surface area contributed by atoms with Crippen LogP contribution in [-0.4, -0.2) is 21.5 Å². The predicted molar refractivity (Wildman–Crippen MR) is 77.2 cm³/mol. The monoisotopic (exact) mass is 288 g/mol. The second-order valence-corrected chi connectivity index (χ2v) is 5.29. The molecule has 0 bridgehead atoms. The van der Waals surface area contributed by atoms with Crippen molar-refractivity contribution in [1.29, 1.82) is 0 Å². The Morgan fingerprint density at radius 2 is 2.29 bits per heavy atom. The lowest BCUT2D eigenvalue weighted by Gasteiger charge is -2.22. The first-order chi connectivity index (χ1) is 10.2. The van der Waals surface area contributed by atoms with Gasteiger partial charge < -0.3 is 15.6 Å². The van der Waals surface area contributed by atoms with Gasteiger partial charge in [-0.2, -0.15) is 0 Å². The van der Waals surface area contributed by atoms with Crippen LogP contribution in [0.1, 0.15) is 35.7 Å². The number of imidazole rings is 1. The average molecular weight is 288 g/mol. The molecule has 1 aromatic heterocycles. The quantitative estimate of drug-likeness (QED) is 0.850. The fourth-order valence-electron chi connectivity index (χ4n) is 2.91. The van der Waals surface area contributed by atoms with E-state index in [1.54, 1.807) is 12.5 Å². The summed E-state index contributed by atoms with van der Waals surface area (Å²) in [6.07, 6.45) is 8.29. The molecule has 1 aliphatic carbocycles. The van der Waals surface area contributed by atoms with Gasteiger partial charge in [-0.15, -0.1) is 0 Å². The summed E-state index contributed by atoms with van der Waals surface area (Å²) < 4.78 is 15.4. The largest absolute Gasteiger partial charge is 0.396 e. The summed E-state index contributed by atoms with van der Waals surface area (Å²) in [4.78, 5) is 16.4. The van der Waals surface area contributed by atoms with E-state index in [9.17, 15) is 9.18 Å². The van der Waals surface area contributed by atoms with E-state index in [-0.39, 0.29) is 29.2 Å². The van der Waals surface area contributed by atoms with Crippen LogP contribution in [0.25, 0.3) is 0 Å². The molecule has 3 N–H and O–H groups in total. The Labute approximate surface area is 122 Å². The minimum atomic E-state index is -0.569. The molecule has 6 heteroatoms. The molecule has 2 atom stereocenters. The number of hydrogen-bond donors (Lipinski definition) is 2. The third-order valence-electron chi connectivity index (χ3n) is 4.00. The van der Waals surface area contributed by atoms with Crippen molar-refractivity contribution in [2.75, 3.05) is 5.73 Å². The van der Waals surface area contributed by atoms with E-state index in [4.69, 9.17) is 5.73 Å². The molecule has 1 saturated carbocycles. The third-order valence-corrected chi connectivity index (χ3v) is 4.00. The molecule has 1 heterocycles. The molecule has 110 valence electrons. The van der Waals surface area contributed by atoms with Crippen molar-refractivity contribution in [3.8, 4) is 0 Å². The number of nitrogen functional groups attached to an aromatic ring is 1. The number of nitrogens with zero attached hydrogens (tertiary/aromatic N) is 2. The zero-order chi connectivity index (χ0) is 14.8. The SMILES string of the molecule is Nc1c(F)cccc1C(=O)NC1CCCC1n1ccnc1. The Balaban J connectivity index is 1.76. The van der Waals surface area contributed by atoms with Crippen molar-refractivity contribution in [1.82, 2.24) is 14.9 Å². The molecule has 1 amide bonds. The molecule has 2 aromatic rings. The first-order valence-electron chi connectivity index (χ1n) is 6.99. The molecule has 0 aliphatic heterocycles. The van der Waals surface area contributed by atoms with Gasteiger partial charge in [-0.05, 0) is 31.4 Å². The molecule has 0 saturated heterocycles. The minimum absolute atomic E-state index is 0.00867. The summed E-state index contributed by atoms with van der Waals surface area (Å²) in [7, 11) is 0. The fourth-order valence-corrected chi connectivity index (χ4v) is 2.91. The number of benzene rings is 1. The van der Waals surface area contributed by atoms with Crippen molar-refractivity contribution in [3.63, 3.8) is 0 Å². The number of hydrogen-bond acceptors (Lipinski definition) is 3. The van der Waals surface area contributed by atoms with Crippen LogP contribution in [-0.2, 0) is 0 Å². The zero-order valence-corrected chi connectivity index (χ0v) is 11.5. The van der Waals surface area contributed by atoms with E-state index < -0.39 is 5.82 Å². The summed E-state index contributed by atoms with van der Waals surface area (Å²) in [6, 6.07) is 4.47. The highest BCUT2D eigenvalue weighted by molar-refractivity contribution is 5.99. The van der Waals surface area contributed by atoms with E-state index in [1.165, 1.54) is 18.2 Å². The highest BCUT2D eigenvalue weighted by Crippen LogP contribution is 2.30. The lowest BCUT2D eigenvalue weighted by Crippen LogP contribution is -2.38. The van der Waals surface area contributed by atoms with Gasteiger partial charge >= 0.3 is 0 Å². The summed E-state index contributed by atoms with van der Waals surface area (Å²) in [6.45, 7) is 0. The molecule has 0 spiro atoms. The van der Waals surface area contributed by atoms with Crippen LogP contribution < -0.4 is 11.1 Å². The maximum atomic E-state index is 13.4. The highest BCUT2D eigenvalue weighted by atomic mass is 19.1. The van der Waals surface area contributed by atoms with Crippen molar-refractivity contribution < 1.29 is 9.18 Å². The standard InChI is InChI=1S/C15H17FN4O/c16-11-4-1-3-10(14(11)17)15(21)19-12-5-2-6-13(12)20-8-7-18-9-20/h1,3-4,7-9,12-13H,2,5-6,17H2,(H,19,21). The second kappa shape index (κ2) is 5.55. The van der Waals surface area contributed by atoms with E-state index >= 15 is 0 Å². The Hall–Kier alpha value is -2.37. The summed E-state index contributed by atoms with van der Waals surface area (Å²) in [5.74, 6) is -0.899. The first kappa shape index (κ1) is 13.6. The van der Waals surface area contributed by atoms with E-state index in [2.05, 4.69) is 10.3 Å². The van der Waals surface area contributed by atoms with Gasteiger partial charge in [-0.1, -0.05) is 6.07 Å². The Bertz CT molecular complexity index is 641. The number of aromatic nitrogens is 2. The first-order valence-corrected chi connectivity index (χ1v) is 6.99. The third kappa shape index (κ3) is 2.61. The van der Waals surface area contributed by atoms with Gasteiger partial charge in [0.2, 0.25) is 0 Å². The van der Waals surface area contributed by atoms with Crippen LogP contribution in [0, 0.1) is 5.82 Å². The Morgan fingerprint density at radius 3 is 3.05 bits per heavy atom. The molecule has 1 aromatic carbocycles. The summed E-state index contributed by atoms with van der Waals surface area (Å²) in [5.41, 5.74) is 5.72. The topological polar surface area (TPSA) is 72.9 Å². The van der Waals surface area contributed by atoms with Gasteiger partial charge in [0.1, 0.15) is 5.82 Å². The summed E-state index contributed by atoms with van der Waals surface area (Å²) >= 11 is 0. The zero-order valence-electron chi connectivity index (χ0n) is 11.5. The van der Waals surface area contributed by atoms with Crippen LogP contribution in [0.2, 0.25) is 0 Å². The Morgan fingerprint density at radius 1 is 1.43 bits per heavy atom. The van der Waals surface area contributed by atoms with Gasteiger partial charge in [-0.25, -0.2) is 9.37 Å². The van der Waals surface area contributed by atoms with Gasteiger partial charge in [0.15, 0.2) is 0 Å². The molecule has 1 aliphatic rings. The van der Waals surface area contributed by atoms with Crippen LogP contribution >= 0.6 is 0 Å². The number of carbonyl (C=O) groups is 1. The average Bonchev–Trinajstić information content (AvgIpc) is 3.12. The maximum Gasteiger partial charge on any atom is 0.253 e. The molecular formula is C15H17FN4O. The normalized spacial score (nSPS) is 21.4. The highest BCUT2D eigenvalue weighted by Gasteiger charge is 2.30. The number of halogens is 1. The molecule has 1 fully saturated rings. The van der Waals surface area contributed by atoms with Crippen LogP contribution in [0.4, 0.5) is 10.1 Å². The van der Waals surface area contributed by atoms with Crippen LogP contribution in [0.5, 0.6) is 0 Å². The van der Waals surface area contributed by atoms with Crippen molar-refractivity contribution in [2.45, 2.75) is 31.3 Å². The number of para-hydroxylation sites is 1. The summed E-state index contributed by atoms with van der Waals surface area (Å²) in [5, 5.41) is 2.97. The maximum absolute atomic E-state index is 13.4. The lowest BCUT2D eigenvalue weighted by atomic mass is 10.1. The van der Waals surface area contributed by atoms with Gasteiger partial charge in [0, 0.05) is 18.4 Å². The van der Waals surface area contributed by atoms with Gasteiger partial charge in [0.05, 0.1) is 23.6 Å². The number of nitrogens with two attached hydrogens (primary N) is 1. The molecular weight excluding hydrogens is 271 g/mol. The van der Waals surface area contributed by atoms with Crippen LogP contribution in [0.15, 0.2) is 36.9 Å². The molecule has 0 radical (unpaired) electrons. The molecule has 2 unspecified atom stereocenters. The molecule has 5 nitrogen and oxygen atoms in total. The molecule has 21 heavy (non-hydrogen) atoms. The van der Waals surface area contributed by atoms with E-state index in [1.807, 2.05) is 10.8 Å². The minimum Gasteiger partial charge on any atom is -0.396 e. The fraction of sp³-hybridized carbons (Fsp3) is 0.333. The number of anilines is 1. The number of nitrogens with one attached hydrogen (secondary N) is 1. The predicted octanol–water partition coefficient (Wildman–Crippen LogP) is 2.13. The second-order valence-electron chi connectivity index (χ2n) is 5.29. The van der Waals surface area contributed by atoms with Gasteiger partial charge in [0.25, 0.3) is 5.91 Å². The Kier molecular flexibility index (Phi) is 3.60. The van der Waals surface area contributed by atoms with Crippen LogP contribution in [0.3, 0.4) is 0 Å². The van der Waals surface area contributed by atoms with Crippen molar-refractivity contribution >= 4 is 11.6 Å². The number of amides is 1. The van der Waals surface area contributed by atoms with Crippen molar-refractivity contribution in [2.24, 2.45) is 0 Å². The number of rotatable bonds is 3. The van der Waals surface area contributed by atoms with E-state index in [0.717, 1.165) is 19.3 Å².